The normalized spacial score (nSPS) is 24.7. The molecule has 1 aromatic rings. The lowest BCUT2D eigenvalue weighted by Crippen LogP contribution is -2.40. The highest BCUT2D eigenvalue weighted by Crippen LogP contribution is 2.29. The number of nitrogens with two attached hydrogens (primary N) is 1. The van der Waals surface area contributed by atoms with Crippen molar-refractivity contribution in [3.8, 4) is 0 Å². The maximum absolute atomic E-state index is 5.86. The Bertz CT molecular complexity index is 348. The van der Waals surface area contributed by atoms with E-state index in [-0.39, 0.29) is 0 Å². The molecule has 1 aliphatic carbocycles. The molecular weight excluding hydrogens is 214 g/mol. The third kappa shape index (κ3) is 2.66. The Hall–Kier alpha value is -0.940. The van der Waals surface area contributed by atoms with Crippen molar-refractivity contribution in [3.05, 3.63) is 12.2 Å². The second kappa shape index (κ2) is 5.60. The van der Waals surface area contributed by atoms with Crippen molar-refractivity contribution in [2.45, 2.75) is 38.8 Å². The van der Waals surface area contributed by atoms with Gasteiger partial charge >= 0.3 is 0 Å². The van der Waals surface area contributed by atoms with Gasteiger partial charge in [-0.2, -0.15) is 5.10 Å². The largest absolute Gasteiger partial charge is 0.330 e. The zero-order valence-corrected chi connectivity index (χ0v) is 10.8. The van der Waals surface area contributed by atoms with Gasteiger partial charge in [-0.3, -0.25) is 9.58 Å². The number of hydrogen-bond donors (Lipinski definition) is 1. The van der Waals surface area contributed by atoms with Gasteiger partial charge in [0.2, 0.25) is 0 Å². The van der Waals surface area contributed by atoms with Gasteiger partial charge in [-0.25, -0.2) is 4.98 Å². The van der Waals surface area contributed by atoms with Crippen LogP contribution in [0, 0.1) is 5.92 Å². The summed E-state index contributed by atoms with van der Waals surface area (Å²) >= 11 is 0. The first-order valence-corrected chi connectivity index (χ1v) is 6.53. The molecule has 1 aliphatic rings. The van der Waals surface area contributed by atoms with Crippen LogP contribution >= 0.6 is 0 Å². The second-order valence-electron chi connectivity index (χ2n) is 4.86. The fourth-order valence-corrected chi connectivity index (χ4v) is 2.88. The van der Waals surface area contributed by atoms with Crippen molar-refractivity contribution < 1.29 is 0 Å². The van der Waals surface area contributed by atoms with Crippen LogP contribution in [-0.4, -0.2) is 38.8 Å². The predicted molar refractivity (Wildman–Crippen MR) is 67.3 cm³/mol. The Kier molecular flexibility index (Phi) is 4.12. The molecule has 0 aromatic carbocycles. The van der Waals surface area contributed by atoms with Crippen LogP contribution in [0.2, 0.25) is 0 Å². The molecule has 5 heteroatoms. The van der Waals surface area contributed by atoms with Crippen molar-refractivity contribution in [2.24, 2.45) is 18.7 Å². The van der Waals surface area contributed by atoms with Gasteiger partial charge in [0.1, 0.15) is 12.2 Å². The molecule has 0 amide bonds. The molecule has 2 unspecified atom stereocenters. The quantitative estimate of drug-likeness (QED) is 0.821. The van der Waals surface area contributed by atoms with Gasteiger partial charge in [-0.15, -0.1) is 0 Å². The first kappa shape index (κ1) is 12.5. The fourth-order valence-electron chi connectivity index (χ4n) is 2.88. The molecule has 1 fully saturated rings. The van der Waals surface area contributed by atoms with Gasteiger partial charge in [0, 0.05) is 13.1 Å². The van der Waals surface area contributed by atoms with E-state index in [1.807, 2.05) is 11.7 Å². The van der Waals surface area contributed by atoms with E-state index in [0.29, 0.717) is 12.0 Å². The highest BCUT2D eigenvalue weighted by molar-refractivity contribution is 4.90. The minimum absolute atomic E-state index is 0.627. The monoisotopic (exact) mass is 237 g/mol. The summed E-state index contributed by atoms with van der Waals surface area (Å²) in [6.45, 7) is 4.95. The zero-order valence-electron chi connectivity index (χ0n) is 10.8. The Morgan fingerprint density at radius 2 is 2.35 bits per heavy atom. The molecule has 0 radical (unpaired) electrons. The maximum Gasteiger partial charge on any atom is 0.140 e. The molecule has 0 saturated heterocycles. The van der Waals surface area contributed by atoms with Crippen LogP contribution in [0.4, 0.5) is 0 Å². The van der Waals surface area contributed by atoms with Crippen LogP contribution in [0.1, 0.15) is 32.0 Å². The van der Waals surface area contributed by atoms with Crippen LogP contribution in [-0.2, 0) is 13.6 Å². The zero-order chi connectivity index (χ0) is 12.3. The number of aromatic nitrogens is 3. The van der Waals surface area contributed by atoms with Gasteiger partial charge in [-0.1, -0.05) is 13.3 Å². The summed E-state index contributed by atoms with van der Waals surface area (Å²) in [7, 11) is 1.95. The lowest BCUT2D eigenvalue weighted by atomic mass is 10.0. The summed E-state index contributed by atoms with van der Waals surface area (Å²) in [6, 6.07) is 0.627. The first-order chi connectivity index (χ1) is 8.26. The molecule has 17 heavy (non-hydrogen) atoms. The summed E-state index contributed by atoms with van der Waals surface area (Å²) in [4.78, 5) is 6.80. The minimum Gasteiger partial charge on any atom is -0.330 e. The fraction of sp³-hybridized carbons (Fsp3) is 0.833. The highest BCUT2D eigenvalue weighted by Gasteiger charge is 2.30. The molecule has 2 rings (SSSR count). The van der Waals surface area contributed by atoms with Gasteiger partial charge in [0.15, 0.2) is 0 Å². The SMILES string of the molecule is CCN(Cc1ncnn1C)C1CCCC1CN. The van der Waals surface area contributed by atoms with Crippen molar-refractivity contribution in [1.29, 1.82) is 0 Å². The predicted octanol–water partition coefficient (Wildman–Crippen LogP) is 0.764. The van der Waals surface area contributed by atoms with Crippen molar-refractivity contribution >= 4 is 0 Å². The molecule has 1 heterocycles. The first-order valence-electron chi connectivity index (χ1n) is 6.53. The summed E-state index contributed by atoms with van der Waals surface area (Å²) < 4.78 is 1.86. The van der Waals surface area contributed by atoms with E-state index in [1.165, 1.54) is 19.3 Å². The number of nitrogens with zero attached hydrogens (tertiary/aromatic N) is 4. The van der Waals surface area contributed by atoms with Gasteiger partial charge in [0.25, 0.3) is 0 Å². The van der Waals surface area contributed by atoms with Crippen LogP contribution in [0.5, 0.6) is 0 Å². The molecule has 5 nitrogen and oxygen atoms in total. The average Bonchev–Trinajstić information content (AvgIpc) is 2.95. The van der Waals surface area contributed by atoms with Crippen molar-refractivity contribution in [2.75, 3.05) is 13.1 Å². The van der Waals surface area contributed by atoms with E-state index < -0.39 is 0 Å². The Morgan fingerprint density at radius 1 is 1.53 bits per heavy atom. The average molecular weight is 237 g/mol. The smallest absolute Gasteiger partial charge is 0.140 e. The van der Waals surface area contributed by atoms with Crippen molar-refractivity contribution in [1.82, 2.24) is 19.7 Å². The Morgan fingerprint density at radius 3 is 2.94 bits per heavy atom. The van der Waals surface area contributed by atoms with Crippen LogP contribution in [0.3, 0.4) is 0 Å². The molecule has 1 aromatic heterocycles. The van der Waals surface area contributed by atoms with E-state index in [9.17, 15) is 0 Å². The molecular formula is C12H23N5. The highest BCUT2D eigenvalue weighted by atomic mass is 15.3. The molecule has 2 atom stereocenters. The van der Waals surface area contributed by atoms with E-state index in [1.54, 1.807) is 6.33 Å². The molecule has 0 spiro atoms. The lowest BCUT2D eigenvalue weighted by molar-refractivity contribution is 0.156. The van der Waals surface area contributed by atoms with Gasteiger partial charge < -0.3 is 5.73 Å². The number of hydrogen-bond acceptors (Lipinski definition) is 4. The van der Waals surface area contributed by atoms with Gasteiger partial charge in [-0.05, 0) is 31.8 Å². The summed E-state index contributed by atoms with van der Waals surface area (Å²) in [5, 5.41) is 4.12. The van der Waals surface area contributed by atoms with Crippen molar-refractivity contribution in [3.63, 3.8) is 0 Å². The summed E-state index contributed by atoms with van der Waals surface area (Å²) in [6.07, 6.45) is 5.48. The molecule has 0 bridgehead atoms. The van der Waals surface area contributed by atoms with E-state index in [4.69, 9.17) is 5.73 Å². The third-order valence-corrected chi connectivity index (χ3v) is 3.95. The minimum atomic E-state index is 0.627. The Labute approximate surface area is 103 Å². The third-order valence-electron chi connectivity index (χ3n) is 3.95. The Balaban J connectivity index is 2.03. The molecule has 2 N–H and O–H groups in total. The molecule has 1 saturated carbocycles. The maximum atomic E-state index is 5.86. The van der Waals surface area contributed by atoms with Crippen LogP contribution in [0.15, 0.2) is 6.33 Å². The van der Waals surface area contributed by atoms with E-state index in [2.05, 4.69) is 21.9 Å². The standard InChI is InChI=1S/C12H23N5/c1-3-17(8-12-14-9-15-16(12)2)11-6-4-5-10(11)7-13/h9-11H,3-8,13H2,1-2H3. The van der Waals surface area contributed by atoms with Crippen LogP contribution in [0.25, 0.3) is 0 Å². The van der Waals surface area contributed by atoms with Gasteiger partial charge in [0.05, 0.1) is 6.54 Å². The van der Waals surface area contributed by atoms with E-state index in [0.717, 1.165) is 25.5 Å². The summed E-state index contributed by atoms with van der Waals surface area (Å²) in [5.41, 5.74) is 5.86. The second-order valence-corrected chi connectivity index (χ2v) is 4.86. The summed E-state index contributed by atoms with van der Waals surface area (Å²) in [5.74, 6) is 1.69. The van der Waals surface area contributed by atoms with Crippen LogP contribution < -0.4 is 5.73 Å². The van der Waals surface area contributed by atoms with E-state index >= 15 is 0 Å². The topological polar surface area (TPSA) is 60.0 Å². The number of rotatable bonds is 5. The molecule has 0 aliphatic heterocycles. The number of aryl methyl sites for hydroxylation is 1. The lowest BCUT2D eigenvalue weighted by Gasteiger charge is -2.31. The molecule has 96 valence electrons.